The number of likely N-dealkylation sites (tertiary alicyclic amines) is 1. The van der Waals surface area contributed by atoms with Gasteiger partial charge in [-0.2, -0.15) is 0 Å². The number of nitrogens with one attached hydrogen (secondary N) is 1. The van der Waals surface area contributed by atoms with Crippen LogP contribution in [0.1, 0.15) is 34.7 Å². The fourth-order valence-corrected chi connectivity index (χ4v) is 4.90. The van der Waals surface area contributed by atoms with Gasteiger partial charge in [0.1, 0.15) is 5.82 Å². The molecule has 6 heteroatoms. The number of aromatic nitrogens is 1. The molecule has 0 spiro atoms. The van der Waals surface area contributed by atoms with Crippen LogP contribution >= 0.6 is 0 Å². The van der Waals surface area contributed by atoms with Gasteiger partial charge in [-0.25, -0.2) is 4.39 Å². The average molecular weight is 442 g/mol. The molecule has 3 atom stereocenters. The van der Waals surface area contributed by atoms with Crippen molar-refractivity contribution < 1.29 is 14.3 Å². The number of amides is 1. The molecule has 1 amide bonds. The number of rotatable bonds is 3. The summed E-state index contributed by atoms with van der Waals surface area (Å²) in [7, 11) is 0. The maximum Gasteiger partial charge on any atom is 0.227 e. The molecule has 5 nitrogen and oxygen atoms in total. The zero-order valence-electron chi connectivity index (χ0n) is 18.0. The highest BCUT2D eigenvalue weighted by Gasteiger charge is 2.45. The van der Waals surface area contributed by atoms with E-state index in [4.69, 9.17) is 0 Å². The van der Waals surface area contributed by atoms with E-state index in [1.807, 2.05) is 35.2 Å². The van der Waals surface area contributed by atoms with Gasteiger partial charge in [0.15, 0.2) is 0 Å². The number of nitrogens with zero attached hydrogens (tertiary/aromatic N) is 2. The summed E-state index contributed by atoms with van der Waals surface area (Å²) in [5.74, 6) is 5.77. The molecule has 5 rings (SSSR count). The van der Waals surface area contributed by atoms with E-state index in [9.17, 15) is 14.3 Å². The minimum absolute atomic E-state index is 0.0000828. The molecule has 0 saturated carbocycles. The zero-order valence-corrected chi connectivity index (χ0v) is 18.0. The van der Waals surface area contributed by atoms with E-state index in [2.05, 4.69) is 22.1 Å². The smallest absolute Gasteiger partial charge is 0.227 e. The van der Waals surface area contributed by atoms with Gasteiger partial charge in [-0.3, -0.25) is 9.78 Å². The summed E-state index contributed by atoms with van der Waals surface area (Å²) in [6.07, 6.45) is 4.51. The van der Waals surface area contributed by atoms with E-state index in [-0.39, 0.29) is 42.8 Å². The van der Waals surface area contributed by atoms with Gasteiger partial charge in [0, 0.05) is 36.1 Å². The molecule has 0 radical (unpaired) electrons. The lowest BCUT2D eigenvalue weighted by atomic mass is 9.82. The molecule has 1 fully saturated rings. The standard InChI is InChI=1S/C27H24FN3O2/c28-23-6-2-1-5-20(23)9-7-18-8-10-24-22(14-18)27-21(25(17-32)30-24)11-13-31(27)26(33)15-19-4-3-12-29-16-19/h1-6,8,10,12,14,16,21,25,27,30,32H,11,13,15,17H2/t21-,25-,27-/m0/s1. The molecule has 33 heavy (non-hydrogen) atoms. The van der Waals surface area contributed by atoms with Crippen LogP contribution in [0, 0.1) is 23.6 Å². The molecule has 0 bridgehead atoms. The molecule has 2 aromatic carbocycles. The summed E-state index contributed by atoms with van der Waals surface area (Å²) < 4.78 is 14.0. The molecule has 2 aliphatic heterocycles. The van der Waals surface area contributed by atoms with Gasteiger partial charge in [0.2, 0.25) is 5.91 Å². The third-order valence-electron chi connectivity index (χ3n) is 6.48. The number of benzene rings is 2. The highest BCUT2D eigenvalue weighted by atomic mass is 19.1. The second-order valence-corrected chi connectivity index (χ2v) is 8.49. The number of carbonyl (C=O) groups excluding carboxylic acids is 1. The molecule has 3 aromatic rings. The summed E-state index contributed by atoms with van der Waals surface area (Å²) in [6.45, 7) is 0.636. The highest BCUT2D eigenvalue weighted by Crippen LogP contribution is 2.46. The summed E-state index contributed by atoms with van der Waals surface area (Å²) in [5.41, 5.74) is 3.87. The van der Waals surface area contributed by atoms with Crippen LogP contribution in [0.2, 0.25) is 0 Å². The molecular weight excluding hydrogens is 417 g/mol. The fourth-order valence-electron chi connectivity index (χ4n) is 4.90. The van der Waals surface area contributed by atoms with Gasteiger partial charge in [-0.1, -0.05) is 30.0 Å². The molecule has 1 saturated heterocycles. The Bertz CT molecular complexity index is 1230. The summed E-state index contributed by atoms with van der Waals surface area (Å²) >= 11 is 0. The normalized spacial score (nSPS) is 20.8. The first-order valence-electron chi connectivity index (χ1n) is 11.1. The van der Waals surface area contributed by atoms with Crippen molar-refractivity contribution in [3.63, 3.8) is 0 Å². The number of hydrogen-bond donors (Lipinski definition) is 2. The number of halogens is 1. The number of anilines is 1. The lowest BCUT2D eigenvalue weighted by molar-refractivity contribution is -0.131. The van der Waals surface area contributed by atoms with E-state index in [1.54, 1.807) is 30.6 Å². The van der Waals surface area contributed by atoms with Crippen molar-refractivity contribution in [2.75, 3.05) is 18.5 Å². The van der Waals surface area contributed by atoms with Crippen LogP contribution in [0.4, 0.5) is 10.1 Å². The average Bonchev–Trinajstić information content (AvgIpc) is 3.29. The van der Waals surface area contributed by atoms with Crippen molar-refractivity contribution in [1.29, 1.82) is 0 Å². The number of aliphatic hydroxyl groups excluding tert-OH is 1. The number of carbonyl (C=O) groups is 1. The van der Waals surface area contributed by atoms with Crippen molar-refractivity contribution in [2.24, 2.45) is 5.92 Å². The summed E-state index contributed by atoms with van der Waals surface area (Å²) in [4.78, 5) is 19.3. The van der Waals surface area contributed by atoms with Crippen LogP contribution in [0.3, 0.4) is 0 Å². The Morgan fingerprint density at radius 1 is 1.18 bits per heavy atom. The molecule has 1 aromatic heterocycles. The molecule has 2 aliphatic rings. The maximum absolute atomic E-state index is 14.0. The lowest BCUT2D eigenvalue weighted by Gasteiger charge is -2.39. The second-order valence-electron chi connectivity index (χ2n) is 8.49. The topological polar surface area (TPSA) is 65.5 Å². The minimum atomic E-state index is -0.349. The first kappa shape index (κ1) is 21.2. The first-order chi connectivity index (χ1) is 16.1. The first-order valence-corrected chi connectivity index (χ1v) is 11.1. The number of fused-ring (bicyclic) bond motifs is 3. The lowest BCUT2D eigenvalue weighted by Crippen LogP contribution is -2.43. The van der Waals surface area contributed by atoms with Crippen LogP contribution in [0.5, 0.6) is 0 Å². The summed E-state index contributed by atoms with van der Waals surface area (Å²) in [6, 6.07) is 15.7. The van der Waals surface area contributed by atoms with Crippen molar-refractivity contribution in [1.82, 2.24) is 9.88 Å². The molecule has 2 N–H and O–H groups in total. The number of pyridine rings is 1. The van der Waals surface area contributed by atoms with Crippen molar-refractivity contribution in [2.45, 2.75) is 24.9 Å². The van der Waals surface area contributed by atoms with Crippen LogP contribution in [0.15, 0.2) is 67.0 Å². The monoisotopic (exact) mass is 441 g/mol. The Labute approximate surface area is 192 Å². The Balaban J connectivity index is 1.48. The fraction of sp³-hybridized carbons (Fsp3) is 0.259. The van der Waals surface area contributed by atoms with E-state index in [0.29, 0.717) is 12.1 Å². The highest BCUT2D eigenvalue weighted by molar-refractivity contribution is 5.80. The van der Waals surface area contributed by atoms with Crippen LogP contribution in [-0.4, -0.2) is 40.1 Å². The number of aliphatic hydroxyl groups is 1. The van der Waals surface area contributed by atoms with E-state index < -0.39 is 0 Å². The molecule has 0 unspecified atom stereocenters. The van der Waals surface area contributed by atoms with Gasteiger partial charge in [-0.15, -0.1) is 0 Å². The third-order valence-corrected chi connectivity index (χ3v) is 6.48. The van der Waals surface area contributed by atoms with Gasteiger partial charge in [-0.05, 0) is 53.9 Å². The predicted octanol–water partition coefficient (Wildman–Crippen LogP) is 3.54. The number of hydrogen-bond acceptors (Lipinski definition) is 4. The second kappa shape index (κ2) is 9.05. The SMILES string of the molecule is O=C(Cc1cccnc1)N1CC[C@H]2[C@H](CO)Nc3ccc(C#Cc4ccccc4F)cc3[C@H]21. The summed E-state index contributed by atoms with van der Waals surface area (Å²) in [5, 5.41) is 13.4. The zero-order chi connectivity index (χ0) is 22.8. The third kappa shape index (κ3) is 4.20. The van der Waals surface area contributed by atoms with Crippen molar-refractivity contribution >= 4 is 11.6 Å². The minimum Gasteiger partial charge on any atom is -0.394 e. The molecule has 3 heterocycles. The van der Waals surface area contributed by atoms with Gasteiger partial charge in [0.05, 0.1) is 30.7 Å². The van der Waals surface area contributed by atoms with Crippen LogP contribution in [0.25, 0.3) is 0 Å². The molecule has 0 aliphatic carbocycles. The Morgan fingerprint density at radius 3 is 2.85 bits per heavy atom. The maximum atomic E-state index is 14.0. The van der Waals surface area contributed by atoms with E-state index in [1.165, 1.54) is 6.07 Å². The van der Waals surface area contributed by atoms with Gasteiger partial charge < -0.3 is 15.3 Å². The molecule has 166 valence electrons. The Hall–Kier alpha value is -3.69. The van der Waals surface area contributed by atoms with E-state index >= 15 is 0 Å². The van der Waals surface area contributed by atoms with Crippen molar-refractivity contribution in [3.8, 4) is 11.8 Å². The van der Waals surface area contributed by atoms with Gasteiger partial charge in [0.25, 0.3) is 0 Å². The van der Waals surface area contributed by atoms with E-state index in [0.717, 1.165) is 28.8 Å². The van der Waals surface area contributed by atoms with Crippen LogP contribution < -0.4 is 5.32 Å². The Morgan fingerprint density at radius 2 is 2.06 bits per heavy atom. The Kier molecular flexibility index (Phi) is 5.80. The quantitative estimate of drug-likeness (QED) is 0.611. The van der Waals surface area contributed by atoms with Crippen molar-refractivity contribution in [3.05, 3.63) is 95.1 Å². The van der Waals surface area contributed by atoms with Gasteiger partial charge >= 0.3 is 0 Å². The molecular formula is C27H24FN3O2. The van der Waals surface area contributed by atoms with Crippen LogP contribution in [-0.2, 0) is 11.2 Å². The largest absolute Gasteiger partial charge is 0.394 e. The predicted molar refractivity (Wildman–Crippen MR) is 124 cm³/mol.